The molecular weight excluding hydrogens is 210 g/mol. The van der Waals surface area contributed by atoms with Gasteiger partial charge in [0.05, 0.1) is 0 Å². The second kappa shape index (κ2) is 6.17. The largest absolute Gasteiger partial charge is 0.304 e. The molecule has 0 bridgehead atoms. The van der Waals surface area contributed by atoms with Crippen LogP contribution in [0.15, 0.2) is 0 Å². The van der Waals surface area contributed by atoms with Crippen LogP contribution in [0.4, 0.5) is 0 Å². The van der Waals surface area contributed by atoms with Gasteiger partial charge < -0.3 is 14.7 Å². The Labute approximate surface area is 107 Å². The van der Waals surface area contributed by atoms with Crippen LogP contribution in [0.25, 0.3) is 0 Å². The third kappa shape index (κ3) is 4.23. The summed E-state index contributed by atoms with van der Waals surface area (Å²) in [6.45, 7) is 15.1. The van der Waals surface area contributed by atoms with Gasteiger partial charge in [0.1, 0.15) is 0 Å². The van der Waals surface area contributed by atoms with Gasteiger partial charge in [-0.2, -0.15) is 0 Å². The molecular formula is C14H29N3. The first-order chi connectivity index (χ1) is 8.13. The van der Waals surface area contributed by atoms with Crippen molar-refractivity contribution in [2.75, 3.05) is 59.4 Å². The van der Waals surface area contributed by atoms with Gasteiger partial charge in [0.25, 0.3) is 0 Å². The molecule has 2 rings (SSSR count). The van der Waals surface area contributed by atoms with Crippen molar-refractivity contribution in [2.24, 2.45) is 11.8 Å². The van der Waals surface area contributed by atoms with E-state index in [9.17, 15) is 0 Å². The monoisotopic (exact) mass is 239 g/mol. The Balaban J connectivity index is 1.55. The molecule has 0 saturated carbocycles. The van der Waals surface area contributed by atoms with Gasteiger partial charge in [-0.3, -0.25) is 0 Å². The number of nitrogens with zero attached hydrogens (tertiary/aromatic N) is 3. The zero-order chi connectivity index (χ0) is 12.3. The molecule has 17 heavy (non-hydrogen) atoms. The van der Waals surface area contributed by atoms with Crippen molar-refractivity contribution in [3.05, 3.63) is 0 Å². The summed E-state index contributed by atoms with van der Waals surface area (Å²) in [6.07, 6.45) is 1.37. The molecule has 0 aliphatic carbocycles. The van der Waals surface area contributed by atoms with E-state index in [0.29, 0.717) is 0 Å². The Morgan fingerprint density at radius 3 is 2.29 bits per heavy atom. The molecule has 3 heteroatoms. The summed E-state index contributed by atoms with van der Waals surface area (Å²) >= 11 is 0. The van der Waals surface area contributed by atoms with Gasteiger partial charge in [-0.25, -0.2) is 0 Å². The summed E-state index contributed by atoms with van der Waals surface area (Å²) < 4.78 is 0. The van der Waals surface area contributed by atoms with E-state index in [2.05, 4.69) is 35.6 Å². The van der Waals surface area contributed by atoms with Crippen LogP contribution in [0.5, 0.6) is 0 Å². The summed E-state index contributed by atoms with van der Waals surface area (Å²) in [6, 6.07) is 0. The molecule has 2 aliphatic heterocycles. The first-order valence-electron chi connectivity index (χ1n) is 7.26. The third-order valence-corrected chi connectivity index (χ3v) is 4.24. The molecule has 0 aromatic carbocycles. The number of likely N-dealkylation sites (tertiary alicyclic amines) is 1. The lowest BCUT2D eigenvalue weighted by Gasteiger charge is -2.39. The van der Waals surface area contributed by atoms with E-state index in [4.69, 9.17) is 0 Å². The van der Waals surface area contributed by atoms with Crippen molar-refractivity contribution in [3.63, 3.8) is 0 Å². The van der Waals surface area contributed by atoms with Crippen molar-refractivity contribution in [1.82, 2.24) is 14.7 Å². The Bertz CT molecular complexity index is 218. The molecule has 100 valence electrons. The maximum atomic E-state index is 2.63. The Morgan fingerprint density at radius 2 is 1.71 bits per heavy atom. The number of rotatable bonds is 5. The van der Waals surface area contributed by atoms with Gasteiger partial charge in [0, 0.05) is 45.8 Å². The fourth-order valence-electron chi connectivity index (χ4n) is 2.98. The molecule has 2 saturated heterocycles. The summed E-state index contributed by atoms with van der Waals surface area (Å²) in [5, 5.41) is 0. The highest BCUT2D eigenvalue weighted by Gasteiger charge is 2.23. The molecule has 2 aliphatic rings. The van der Waals surface area contributed by atoms with Crippen LogP contribution < -0.4 is 0 Å². The van der Waals surface area contributed by atoms with Crippen LogP contribution in [0.3, 0.4) is 0 Å². The van der Waals surface area contributed by atoms with Gasteiger partial charge in [0.2, 0.25) is 0 Å². The van der Waals surface area contributed by atoms with Crippen molar-refractivity contribution in [1.29, 1.82) is 0 Å². The highest BCUT2D eigenvalue weighted by molar-refractivity contribution is 4.78. The van der Waals surface area contributed by atoms with Crippen molar-refractivity contribution in [2.45, 2.75) is 20.3 Å². The van der Waals surface area contributed by atoms with Gasteiger partial charge in [-0.05, 0) is 31.8 Å². The Kier molecular flexibility index (Phi) is 4.83. The molecule has 0 spiro atoms. The predicted octanol–water partition coefficient (Wildman–Crippen LogP) is 1.21. The molecule has 0 aromatic rings. The lowest BCUT2D eigenvalue weighted by Crippen LogP contribution is -2.48. The van der Waals surface area contributed by atoms with E-state index in [1.165, 1.54) is 58.8 Å². The average Bonchev–Trinajstić information content (AvgIpc) is 2.26. The van der Waals surface area contributed by atoms with Crippen LogP contribution in [0.1, 0.15) is 20.3 Å². The maximum absolute atomic E-state index is 2.63. The fourth-order valence-corrected chi connectivity index (χ4v) is 2.98. The first-order valence-corrected chi connectivity index (χ1v) is 7.26. The van der Waals surface area contributed by atoms with Gasteiger partial charge in [0.15, 0.2) is 0 Å². The summed E-state index contributed by atoms with van der Waals surface area (Å²) in [4.78, 5) is 7.68. The topological polar surface area (TPSA) is 9.72 Å². The lowest BCUT2D eigenvalue weighted by atomic mass is 9.99. The molecule has 3 nitrogen and oxygen atoms in total. The highest BCUT2D eigenvalue weighted by atomic mass is 15.2. The Hall–Kier alpha value is -0.120. The minimum Gasteiger partial charge on any atom is -0.304 e. The fraction of sp³-hybridized carbons (Fsp3) is 1.00. The van der Waals surface area contributed by atoms with Crippen LogP contribution >= 0.6 is 0 Å². The summed E-state index contributed by atoms with van der Waals surface area (Å²) in [7, 11) is 2.23. The van der Waals surface area contributed by atoms with E-state index < -0.39 is 0 Å². The normalized spacial score (nSPS) is 27.0. The third-order valence-electron chi connectivity index (χ3n) is 4.24. The quantitative estimate of drug-likeness (QED) is 0.714. The van der Waals surface area contributed by atoms with E-state index in [0.717, 1.165) is 11.8 Å². The van der Waals surface area contributed by atoms with Gasteiger partial charge >= 0.3 is 0 Å². The maximum Gasteiger partial charge on any atom is 0.0110 e. The molecule has 0 amide bonds. The zero-order valence-corrected chi connectivity index (χ0v) is 11.9. The second-order valence-corrected chi connectivity index (χ2v) is 6.36. The number of hydrogen-bond acceptors (Lipinski definition) is 3. The minimum absolute atomic E-state index is 0.863. The van der Waals surface area contributed by atoms with E-state index >= 15 is 0 Å². The number of likely N-dealkylation sites (N-methyl/N-ethyl adjacent to an activating group) is 1. The molecule has 1 atom stereocenters. The van der Waals surface area contributed by atoms with Crippen molar-refractivity contribution in [3.8, 4) is 0 Å². The average molecular weight is 239 g/mol. The van der Waals surface area contributed by atoms with Gasteiger partial charge in [-0.1, -0.05) is 13.8 Å². The lowest BCUT2D eigenvalue weighted by molar-refractivity contribution is 0.0872. The number of hydrogen-bond donors (Lipinski definition) is 0. The zero-order valence-electron chi connectivity index (χ0n) is 11.9. The smallest absolute Gasteiger partial charge is 0.0110 e. The Morgan fingerprint density at radius 1 is 1.06 bits per heavy atom. The van der Waals surface area contributed by atoms with Crippen LogP contribution in [-0.2, 0) is 0 Å². The molecule has 2 heterocycles. The van der Waals surface area contributed by atoms with E-state index in [-0.39, 0.29) is 0 Å². The molecule has 1 unspecified atom stereocenters. The predicted molar refractivity (Wildman–Crippen MR) is 73.3 cm³/mol. The van der Waals surface area contributed by atoms with E-state index in [1.807, 2.05) is 0 Å². The van der Waals surface area contributed by atoms with Crippen LogP contribution in [0.2, 0.25) is 0 Å². The summed E-state index contributed by atoms with van der Waals surface area (Å²) in [5.41, 5.74) is 0. The molecule has 0 aromatic heterocycles. The van der Waals surface area contributed by atoms with Gasteiger partial charge in [-0.15, -0.1) is 0 Å². The van der Waals surface area contributed by atoms with Crippen LogP contribution in [-0.4, -0.2) is 74.1 Å². The van der Waals surface area contributed by atoms with E-state index in [1.54, 1.807) is 0 Å². The molecule has 0 radical (unpaired) electrons. The first kappa shape index (κ1) is 13.3. The second-order valence-electron chi connectivity index (χ2n) is 6.36. The van der Waals surface area contributed by atoms with Crippen LogP contribution in [0, 0.1) is 11.8 Å². The molecule has 2 fully saturated rings. The number of piperazine rings is 1. The minimum atomic E-state index is 0.863. The van der Waals surface area contributed by atoms with Crippen molar-refractivity contribution >= 4 is 0 Å². The van der Waals surface area contributed by atoms with Crippen molar-refractivity contribution < 1.29 is 0 Å². The molecule has 0 N–H and O–H groups in total. The SMILES string of the molecule is CC(CCN1CCN(C)CC1)CN1CC(C)C1. The summed E-state index contributed by atoms with van der Waals surface area (Å²) in [5.74, 6) is 1.81. The standard InChI is InChI=1S/C14H29N3/c1-13(10-17-11-14(2)12-17)4-5-16-8-6-15(3)7-9-16/h13-14H,4-12H2,1-3H3. The highest BCUT2D eigenvalue weighted by Crippen LogP contribution is 2.17.